The number of carbonyl (C=O) groups is 1. The quantitative estimate of drug-likeness (QED) is 0.698. The molecule has 0 bridgehead atoms. The molecule has 0 radical (unpaired) electrons. The first-order valence-corrected chi connectivity index (χ1v) is 10.3. The molecule has 1 amide bonds. The monoisotopic (exact) mass is 423 g/mol. The average Bonchev–Trinajstić information content (AvgIpc) is 3.07. The van der Waals surface area contributed by atoms with Crippen molar-refractivity contribution in [2.24, 2.45) is 0 Å². The first-order valence-electron chi connectivity index (χ1n) is 10.3. The molecule has 2 aromatic carbocycles. The van der Waals surface area contributed by atoms with Crippen molar-refractivity contribution in [1.29, 1.82) is 0 Å². The van der Waals surface area contributed by atoms with Crippen molar-refractivity contribution >= 4 is 5.91 Å². The number of nitrogens with one attached hydrogen (secondary N) is 1. The Balaban J connectivity index is 1.25. The number of halogens is 1. The molecule has 3 heterocycles. The second-order valence-electron chi connectivity index (χ2n) is 7.56. The molecular formula is C23H22FN3O4. The fourth-order valence-corrected chi connectivity index (χ4v) is 3.69. The van der Waals surface area contributed by atoms with Crippen LogP contribution in [-0.4, -0.2) is 41.3 Å². The van der Waals surface area contributed by atoms with Crippen LogP contribution in [0.1, 0.15) is 22.6 Å². The molecular weight excluding hydrogens is 401 g/mol. The van der Waals surface area contributed by atoms with Crippen LogP contribution in [-0.2, 0) is 17.9 Å². The van der Waals surface area contributed by atoms with E-state index >= 15 is 0 Å². The largest absolute Gasteiger partial charge is 0.490 e. The molecule has 0 spiro atoms. The smallest absolute Gasteiger partial charge is 0.251 e. The minimum Gasteiger partial charge on any atom is -0.490 e. The van der Waals surface area contributed by atoms with Gasteiger partial charge in [0.2, 0.25) is 0 Å². The number of ether oxygens (including phenoxy) is 3. The third kappa shape index (κ3) is 4.25. The first kappa shape index (κ1) is 19.6. The highest BCUT2D eigenvalue weighted by atomic mass is 19.1. The zero-order valence-corrected chi connectivity index (χ0v) is 16.8. The van der Waals surface area contributed by atoms with Gasteiger partial charge < -0.3 is 24.1 Å². The van der Waals surface area contributed by atoms with E-state index in [9.17, 15) is 9.18 Å². The topological polar surface area (TPSA) is 74.6 Å². The minimum atomic E-state index is -0.371. The fourth-order valence-electron chi connectivity index (χ4n) is 3.69. The molecule has 1 atom stereocenters. The van der Waals surface area contributed by atoms with Crippen molar-refractivity contribution in [3.05, 3.63) is 65.9 Å². The second-order valence-corrected chi connectivity index (χ2v) is 7.56. The van der Waals surface area contributed by atoms with Crippen molar-refractivity contribution in [1.82, 2.24) is 14.9 Å². The summed E-state index contributed by atoms with van der Waals surface area (Å²) in [4.78, 5) is 16.9. The van der Waals surface area contributed by atoms with Crippen LogP contribution in [0.3, 0.4) is 0 Å². The number of hydrogen-bond donors (Lipinski definition) is 1. The van der Waals surface area contributed by atoms with Gasteiger partial charge in [0.15, 0.2) is 11.5 Å². The molecule has 5 rings (SSSR count). The average molecular weight is 423 g/mol. The van der Waals surface area contributed by atoms with E-state index < -0.39 is 0 Å². The summed E-state index contributed by atoms with van der Waals surface area (Å²) < 4.78 is 32.4. The number of hydrogen-bond acceptors (Lipinski definition) is 5. The van der Waals surface area contributed by atoms with E-state index in [1.165, 1.54) is 24.3 Å². The lowest BCUT2D eigenvalue weighted by atomic mass is 10.1. The third-order valence-corrected chi connectivity index (χ3v) is 5.35. The lowest BCUT2D eigenvalue weighted by Crippen LogP contribution is -2.38. The van der Waals surface area contributed by atoms with Crippen molar-refractivity contribution in [2.45, 2.75) is 25.7 Å². The molecule has 0 fully saturated rings. The Labute approximate surface area is 178 Å². The number of aromatic nitrogens is 2. The summed E-state index contributed by atoms with van der Waals surface area (Å²) in [6, 6.07) is 11.3. The Hall–Kier alpha value is -3.39. The Kier molecular flexibility index (Phi) is 5.30. The summed E-state index contributed by atoms with van der Waals surface area (Å²) in [5, 5.41) is 2.85. The molecule has 160 valence electrons. The van der Waals surface area contributed by atoms with Crippen molar-refractivity contribution in [3.8, 4) is 22.8 Å². The van der Waals surface area contributed by atoms with E-state index in [-0.39, 0.29) is 17.8 Å². The molecule has 2 aliphatic rings. The van der Waals surface area contributed by atoms with Gasteiger partial charge in [-0.15, -0.1) is 0 Å². The molecule has 1 aromatic heterocycles. The predicted octanol–water partition coefficient (Wildman–Crippen LogP) is 3.18. The Morgan fingerprint density at radius 2 is 1.94 bits per heavy atom. The van der Waals surface area contributed by atoms with Gasteiger partial charge in [-0.25, -0.2) is 9.37 Å². The Morgan fingerprint density at radius 1 is 1.13 bits per heavy atom. The molecule has 0 aliphatic carbocycles. The van der Waals surface area contributed by atoms with Crippen LogP contribution in [0.4, 0.5) is 4.39 Å². The van der Waals surface area contributed by atoms with E-state index in [4.69, 9.17) is 19.2 Å². The van der Waals surface area contributed by atoms with Crippen LogP contribution >= 0.6 is 0 Å². The molecule has 31 heavy (non-hydrogen) atoms. The number of carbonyl (C=O) groups excluding carboxylic acids is 1. The summed E-state index contributed by atoms with van der Waals surface area (Å²) in [7, 11) is 0. The molecule has 1 N–H and O–H groups in total. The summed E-state index contributed by atoms with van der Waals surface area (Å²) >= 11 is 0. The van der Waals surface area contributed by atoms with Gasteiger partial charge in [0.05, 0.1) is 31.6 Å². The lowest BCUT2D eigenvalue weighted by molar-refractivity contribution is 0.00327. The molecule has 0 unspecified atom stereocenters. The van der Waals surface area contributed by atoms with Gasteiger partial charge >= 0.3 is 0 Å². The molecule has 0 saturated heterocycles. The Morgan fingerprint density at radius 3 is 2.77 bits per heavy atom. The van der Waals surface area contributed by atoms with E-state index in [1.54, 1.807) is 0 Å². The zero-order chi connectivity index (χ0) is 21.2. The van der Waals surface area contributed by atoms with Crippen molar-refractivity contribution in [2.75, 3.05) is 19.8 Å². The predicted molar refractivity (Wildman–Crippen MR) is 111 cm³/mol. The standard InChI is InChI=1S/C23H22FN3O4/c24-17-5-2-15(3-6-17)23(28)25-11-18-12-27-13-19(26-22(27)14-31-18)16-4-7-20-21(10-16)30-9-1-8-29-20/h2-7,10,13,18H,1,8-9,11-12,14H2,(H,25,28)/t18-/m0/s1. The minimum absolute atomic E-state index is 0.178. The highest BCUT2D eigenvalue weighted by Crippen LogP contribution is 2.34. The van der Waals surface area contributed by atoms with Crippen LogP contribution in [0.25, 0.3) is 11.3 Å². The second kappa shape index (κ2) is 8.39. The van der Waals surface area contributed by atoms with Crippen molar-refractivity contribution < 1.29 is 23.4 Å². The molecule has 3 aromatic rings. The van der Waals surface area contributed by atoms with Crippen LogP contribution in [0.5, 0.6) is 11.5 Å². The normalized spacial score (nSPS) is 17.5. The summed E-state index contributed by atoms with van der Waals surface area (Å²) in [6.07, 6.45) is 2.67. The maximum absolute atomic E-state index is 13.0. The molecule has 8 heteroatoms. The number of imidazole rings is 1. The van der Waals surface area contributed by atoms with E-state index in [2.05, 4.69) is 9.88 Å². The first-order chi connectivity index (χ1) is 15.2. The highest BCUT2D eigenvalue weighted by molar-refractivity contribution is 5.94. The maximum atomic E-state index is 13.0. The van der Waals surface area contributed by atoms with E-state index in [0.29, 0.717) is 38.5 Å². The number of rotatable bonds is 4. The number of amides is 1. The fraction of sp³-hybridized carbons (Fsp3) is 0.304. The van der Waals surface area contributed by atoms with E-state index in [0.717, 1.165) is 35.0 Å². The SMILES string of the molecule is O=C(NC[C@H]1Cn2cc(-c3ccc4c(c3)OCCCO4)nc2CO1)c1ccc(F)cc1. The highest BCUT2D eigenvalue weighted by Gasteiger charge is 2.22. The van der Waals surface area contributed by atoms with Gasteiger partial charge in [0.1, 0.15) is 18.2 Å². The van der Waals surface area contributed by atoms with Crippen molar-refractivity contribution in [3.63, 3.8) is 0 Å². The Bertz CT molecular complexity index is 1100. The number of nitrogens with zero attached hydrogens (tertiary/aromatic N) is 2. The van der Waals surface area contributed by atoms with Crippen LogP contribution in [0.15, 0.2) is 48.7 Å². The molecule has 7 nitrogen and oxygen atoms in total. The van der Waals surface area contributed by atoms with Crippen LogP contribution in [0.2, 0.25) is 0 Å². The zero-order valence-electron chi connectivity index (χ0n) is 16.8. The van der Waals surface area contributed by atoms with Gasteiger partial charge in [0, 0.05) is 30.3 Å². The molecule has 0 saturated carbocycles. The summed E-state index contributed by atoms with van der Waals surface area (Å²) in [6.45, 7) is 2.59. The van der Waals surface area contributed by atoms with Gasteiger partial charge in [0.25, 0.3) is 5.91 Å². The maximum Gasteiger partial charge on any atom is 0.251 e. The lowest BCUT2D eigenvalue weighted by Gasteiger charge is -2.24. The van der Waals surface area contributed by atoms with Gasteiger partial charge in [-0.2, -0.15) is 0 Å². The third-order valence-electron chi connectivity index (χ3n) is 5.35. The van der Waals surface area contributed by atoms with E-state index in [1.807, 2.05) is 24.4 Å². The number of fused-ring (bicyclic) bond motifs is 2. The van der Waals surface area contributed by atoms with Gasteiger partial charge in [-0.1, -0.05) is 0 Å². The summed E-state index contributed by atoms with van der Waals surface area (Å²) in [5.74, 6) is 1.70. The van der Waals surface area contributed by atoms with Crippen LogP contribution < -0.4 is 14.8 Å². The number of benzene rings is 2. The summed E-state index contributed by atoms with van der Waals surface area (Å²) in [5.41, 5.74) is 2.20. The van der Waals surface area contributed by atoms with Crippen LogP contribution in [0, 0.1) is 5.82 Å². The van der Waals surface area contributed by atoms with Gasteiger partial charge in [-0.05, 0) is 42.5 Å². The van der Waals surface area contributed by atoms with Gasteiger partial charge in [-0.3, -0.25) is 4.79 Å². The molecule has 2 aliphatic heterocycles.